The molecule has 8 aromatic carbocycles. The summed E-state index contributed by atoms with van der Waals surface area (Å²) >= 11 is 3.48. The predicted octanol–water partition coefficient (Wildman–Crippen LogP) is 9.41. The van der Waals surface area contributed by atoms with Gasteiger partial charge in [0, 0.05) is 4.47 Å². The first kappa shape index (κ1) is 39.5. The van der Waals surface area contributed by atoms with Gasteiger partial charge in [-0.25, -0.2) is 0 Å². The number of hydrogen-bond acceptors (Lipinski definition) is 2. The topological polar surface area (TPSA) is 40.5 Å². The summed E-state index contributed by atoms with van der Waals surface area (Å²) < 4.78 is 1.11. The molecule has 8 rings (SSSR count). The van der Waals surface area contributed by atoms with Crippen LogP contribution in [0.15, 0.2) is 186 Å². The zero-order valence-corrected chi connectivity index (χ0v) is 31.9. The van der Waals surface area contributed by atoms with Crippen LogP contribution in [0.5, 0.6) is 0 Å². The maximum atomic E-state index is 9.18. The van der Waals surface area contributed by atoms with Gasteiger partial charge in [0.25, 0.3) is 0 Å². The first-order valence-corrected chi connectivity index (χ1v) is 18.4. The molecule has 0 aliphatic carbocycles. The molecule has 0 aliphatic rings. The van der Waals surface area contributed by atoms with Crippen molar-refractivity contribution in [2.75, 3.05) is 0 Å². The molecule has 256 valence electrons. The third kappa shape index (κ3) is 10.5. The molecule has 0 aromatic heterocycles. The Morgan fingerprint density at radius 1 is 0.434 bits per heavy atom. The Hall–Kier alpha value is -4.66. The zero-order valence-electron chi connectivity index (χ0n) is 30.3. The summed E-state index contributed by atoms with van der Waals surface area (Å²) in [5.74, 6) is 0. The van der Waals surface area contributed by atoms with Gasteiger partial charge in [-0.15, -0.1) is 0 Å². The minimum Gasteiger partial charge on any atom is -0.423 e. The van der Waals surface area contributed by atoms with Gasteiger partial charge in [-0.3, -0.25) is 0 Å². The van der Waals surface area contributed by atoms with Crippen molar-refractivity contribution in [1.82, 2.24) is 0 Å². The average Bonchev–Trinajstić information content (AvgIpc) is 3.21. The van der Waals surface area contributed by atoms with Crippen molar-refractivity contribution in [3.8, 4) is 44.5 Å². The maximum absolute atomic E-state index is 9.18. The molecular weight excluding hydrogens is 706 g/mol. The smallest absolute Gasteiger partial charge is 0.423 e. The number of benzene rings is 8. The normalized spacial score (nSPS) is 10.4. The number of halogens is 1. The van der Waals surface area contributed by atoms with Crippen LogP contribution in [0.3, 0.4) is 0 Å². The van der Waals surface area contributed by atoms with Crippen LogP contribution in [0.4, 0.5) is 0 Å². The van der Waals surface area contributed by atoms with E-state index in [1.807, 2.05) is 12.1 Å². The van der Waals surface area contributed by atoms with Gasteiger partial charge in [0.05, 0.1) is 0 Å². The van der Waals surface area contributed by atoms with E-state index in [-0.39, 0.29) is 18.9 Å². The van der Waals surface area contributed by atoms with Crippen LogP contribution in [-0.2, 0) is 0 Å². The molecule has 0 aliphatic heterocycles. The molecule has 0 fully saturated rings. The number of unbranched alkanes of at least 4 members (excludes halogenated alkanes) is 1. The monoisotopic (exact) mass is 746 g/mol. The largest absolute Gasteiger partial charge is 1.00 e. The quantitative estimate of drug-likeness (QED) is 0.132. The SMILES string of the molecule is Brc1ccc(-c2ccc(-c3ccc4ccccc4c3)cc2)cc1.OB(O)c1ccc(-c2ccc(-c3ccc4ccccc4c3)cc2)cc1.[CH2-]CCC.[Li+]. The van der Waals surface area contributed by atoms with E-state index in [0.717, 1.165) is 22.0 Å². The Kier molecular flexibility index (Phi) is 14.5. The fraction of sp³-hybridized carbons (Fsp3) is 0.0625. The minimum absolute atomic E-state index is 0. The molecule has 0 saturated carbocycles. The summed E-state index contributed by atoms with van der Waals surface area (Å²) in [5.41, 5.74) is 10.00. The second-order valence-electron chi connectivity index (χ2n) is 12.6. The van der Waals surface area contributed by atoms with Gasteiger partial charge in [0.15, 0.2) is 0 Å². The summed E-state index contributed by atoms with van der Waals surface area (Å²) in [7, 11) is -1.43. The molecule has 0 unspecified atom stereocenters. The van der Waals surface area contributed by atoms with E-state index in [0.29, 0.717) is 5.46 Å². The Morgan fingerprint density at radius 2 is 0.717 bits per heavy atom. The molecule has 0 spiro atoms. The van der Waals surface area contributed by atoms with Gasteiger partial charge >= 0.3 is 26.0 Å². The number of fused-ring (bicyclic) bond motifs is 2. The standard InChI is InChI=1S/C22H17BO2.C22H15Br.C4H9.Li/c24-23(25)22-13-11-18(12-14-22)17-5-7-19(8-6-17)21-10-9-16-3-1-2-4-20(16)15-21;23-22-13-11-18(12-14-22)17-5-7-19(8-6-17)21-10-9-16-3-1-2-4-20(16)15-21;1-3-4-2;/h1-15,24-25H;1-15H;1,3-4H2,2H3;/q;;-1;+1. The van der Waals surface area contributed by atoms with E-state index in [1.54, 1.807) is 12.1 Å². The molecule has 0 amide bonds. The zero-order chi connectivity index (χ0) is 36.3. The van der Waals surface area contributed by atoms with Crippen LogP contribution in [0.25, 0.3) is 66.1 Å². The van der Waals surface area contributed by atoms with Crippen molar-refractivity contribution in [2.24, 2.45) is 0 Å². The summed E-state index contributed by atoms with van der Waals surface area (Å²) in [6.45, 7) is 5.72. The van der Waals surface area contributed by atoms with E-state index < -0.39 is 7.12 Å². The van der Waals surface area contributed by atoms with Crippen LogP contribution < -0.4 is 24.3 Å². The third-order valence-electron chi connectivity index (χ3n) is 9.01. The van der Waals surface area contributed by atoms with Gasteiger partial charge in [-0.05, 0) is 95.8 Å². The van der Waals surface area contributed by atoms with E-state index in [9.17, 15) is 10.0 Å². The van der Waals surface area contributed by atoms with Crippen molar-refractivity contribution in [1.29, 1.82) is 0 Å². The second kappa shape index (κ2) is 19.4. The minimum atomic E-state index is -1.43. The molecule has 53 heavy (non-hydrogen) atoms. The molecule has 0 bridgehead atoms. The Balaban J connectivity index is 0.000000183. The van der Waals surface area contributed by atoms with Gasteiger partial charge < -0.3 is 17.0 Å². The van der Waals surface area contributed by atoms with Crippen LogP contribution in [0.1, 0.15) is 19.8 Å². The summed E-state index contributed by atoms with van der Waals surface area (Å²) in [5, 5.41) is 23.4. The van der Waals surface area contributed by atoms with E-state index >= 15 is 0 Å². The van der Waals surface area contributed by atoms with Crippen molar-refractivity contribution in [2.45, 2.75) is 19.8 Å². The maximum Gasteiger partial charge on any atom is 1.00 e. The van der Waals surface area contributed by atoms with Gasteiger partial charge in [0.1, 0.15) is 0 Å². The molecular formula is C48H41BBrLiO2. The Bertz CT molecular complexity index is 2340. The molecule has 0 saturated heterocycles. The fourth-order valence-electron chi connectivity index (χ4n) is 5.94. The average molecular weight is 748 g/mol. The van der Waals surface area contributed by atoms with Crippen LogP contribution in [-0.4, -0.2) is 17.2 Å². The van der Waals surface area contributed by atoms with E-state index in [1.165, 1.54) is 61.3 Å². The van der Waals surface area contributed by atoms with Crippen molar-refractivity contribution >= 4 is 50.1 Å². The molecule has 2 N–H and O–H groups in total. The van der Waals surface area contributed by atoms with Crippen molar-refractivity contribution in [3.63, 3.8) is 0 Å². The first-order chi connectivity index (χ1) is 25.4. The summed E-state index contributed by atoms with van der Waals surface area (Å²) in [6.07, 6.45) is 2.28. The van der Waals surface area contributed by atoms with Gasteiger partial charge in [-0.2, -0.15) is 6.42 Å². The Labute approximate surface area is 334 Å². The molecule has 0 radical (unpaired) electrons. The van der Waals surface area contributed by atoms with Crippen LogP contribution >= 0.6 is 15.9 Å². The summed E-state index contributed by atoms with van der Waals surface area (Å²) in [4.78, 5) is 0. The first-order valence-electron chi connectivity index (χ1n) is 17.6. The number of rotatable bonds is 6. The van der Waals surface area contributed by atoms with Crippen LogP contribution in [0, 0.1) is 6.92 Å². The van der Waals surface area contributed by atoms with Gasteiger partial charge in [-0.1, -0.05) is 187 Å². The van der Waals surface area contributed by atoms with Gasteiger partial charge in [0.2, 0.25) is 0 Å². The number of hydrogen-bond donors (Lipinski definition) is 2. The van der Waals surface area contributed by atoms with E-state index in [2.05, 4.69) is 188 Å². The van der Waals surface area contributed by atoms with E-state index in [4.69, 9.17) is 0 Å². The van der Waals surface area contributed by atoms with Crippen molar-refractivity contribution in [3.05, 3.63) is 193 Å². The molecule has 5 heteroatoms. The van der Waals surface area contributed by atoms with Crippen LogP contribution in [0.2, 0.25) is 0 Å². The molecule has 2 nitrogen and oxygen atoms in total. The fourth-order valence-corrected chi connectivity index (χ4v) is 6.20. The molecule has 0 atom stereocenters. The third-order valence-corrected chi connectivity index (χ3v) is 9.54. The summed E-state index contributed by atoms with van der Waals surface area (Å²) in [6, 6.07) is 62.9. The molecule has 8 aromatic rings. The van der Waals surface area contributed by atoms with Crippen molar-refractivity contribution < 1.29 is 28.9 Å². The predicted molar refractivity (Wildman–Crippen MR) is 227 cm³/mol. The Morgan fingerprint density at radius 3 is 1.06 bits per heavy atom. The second-order valence-corrected chi connectivity index (χ2v) is 13.6. The molecule has 0 heterocycles.